The zero-order valence-electron chi connectivity index (χ0n) is 10.5. The average Bonchev–Trinajstić information content (AvgIpc) is 2.38. The lowest BCUT2D eigenvalue weighted by molar-refractivity contribution is -0.394. The summed E-state index contributed by atoms with van der Waals surface area (Å²) in [5, 5.41) is 30.6. The largest absolute Gasteiger partial charge is 0.432 e. The molecule has 0 aliphatic carbocycles. The summed E-state index contributed by atoms with van der Waals surface area (Å²) in [5.41, 5.74) is -1.56. The Kier molecular flexibility index (Phi) is 5.09. The van der Waals surface area contributed by atoms with Crippen LogP contribution in [0.2, 0.25) is 0 Å². The SMILES string of the molecule is CCCC(O)OC(=O)c1cc([N+](=O)[O-])cc([N+](=O)[O-])c1. The van der Waals surface area contributed by atoms with Crippen LogP contribution in [0.4, 0.5) is 11.4 Å². The van der Waals surface area contributed by atoms with Crippen LogP contribution in [0.25, 0.3) is 0 Å². The van der Waals surface area contributed by atoms with Gasteiger partial charge in [-0.05, 0) is 0 Å². The van der Waals surface area contributed by atoms with Gasteiger partial charge in [0.2, 0.25) is 6.29 Å². The smallest absolute Gasteiger partial charge is 0.340 e. The predicted octanol–water partition coefficient (Wildman–Crippen LogP) is 1.78. The first-order valence-corrected chi connectivity index (χ1v) is 5.68. The van der Waals surface area contributed by atoms with Crippen LogP contribution in [0.5, 0.6) is 0 Å². The zero-order valence-corrected chi connectivity index (χ0v) is 10.5. The van der Waals surface area contributed by atoms with Crippen molar-refractivity contribution in [3.05, 3.63) is 44.0 Å². The molecule has 0 amide bonds. The number of nitrogens with zero attached hydrogens (tertiary/aromatic N) is 2. The van der Waals surface area contributed by atoms with Crippen molar-refractivity contribution in [2.24, 2.45) is 0 Å². The maximum atomic E-state index is 11.7. The second-order valence-corrected chi connectivity index (χ2v) is 3.90. The number of benzene rings is 1. The Morgan fingerprint density at radius 1 is 1.25 bits per heavy atom. The highest BCUT2D eigenvalue weighted by molar-refractivity contribution is 5.91. The van der Waals surface area contributed by atoms with Crippen LogP contribution < -0.4 is 0 Å². The molecule has 0 saturated carbocycles. The van der Waals surface area contributed by atoms with E-state index in [4.69, 9.17) is 0 Å². The Balaban J connectivity index is 3.07. The first-order chi connectivity index (χ1) is 9.35. The lowest BCUT2D eigenvalue weighted by Gasteiger charge is -2.10. The molecule has 1 aromatic rings. The van der Waals surface area contributed by atoms with Gasteiger partial charge in [0.05, 0.1) is 21.5 Å². The fourth-order valence-corrected chi connectivity index (χ4v) is 1.42. The molecule has 1 unspecified atom stereocenters. The van der Waals surface area contributed by atoms with Gasteiger partial charge in [0, 0.05) is 18.6 Å². The van der Waals surface area contributed by atoms with E-state index in [1.54, 1.807) is 6.92 Å². The molecular weight excluding hydrogens is 272 g/mol. The van der Waals surface area contributed by atoms with Crippen LogP contribution in [0, 0.1) is 20.2 Å². The molecule has 20 heavy (non-hydrogen) atoms. The van der Waals surface area contributed by atoms with E-state index >= 15 is 0 Å². The van der Waals surface area contributed by atoms with Crippen molar-refractivity contribution < 1.29 is 24.5 Å². The van der Waals surface area contributed by atoms with Gasteiger partial charge in [-0.15, -0.1) is 0 Å². The summed E-state index contributed by atoms with van der Waals surface area (Å²) in [6.45, 7) is 1.76. The summed E-state index contributed by atoms with van der Waals surface area (Å²) < 4.78 is 4.62. The number of nitro groups is 2. The predicted molar refractivity (Wildman–Crippen MR) is 66.1 cm³/mol. The van der Waals surface area contributed by atoms with Crippen molar-refractivity contribution >= 4 is 17.3 Å². The summed E-state index contributed by atoms with van der Waals surface area (Å²) in [5.74, 6) is -1.06. The van der Waals surface area contributed by atoms with E-state index in [0.29, 0.717) is 6.42 Å². The minimum Gasteiger partial charge on any atom is -0.432 e. The number of rotatable bonds is 6. The Morgan fingerprint density at radius 3 is 2.15 bits per heavy atom. The molecule has 1 aromatic carbocycles. The van der Waals surface area contributed by atoms with Crippen LogP contribution in [-0.2, 0) is 4.74 Å². The van der Waals surface area contributed by atoms with Crippen molar-refractivity contribution in [3.8, 4) is 0 Å². The zero-order chi connectivity index (χ0) is 15.3. The summed E-state index contributed by atoms with van der Waals surface area (Å²) >= 11 is 0. The van der Waals surface area contributed by atoms with Crippen molar-refractivity contribution in [3.63, 3.8) is 0 Å². The Labute approximate surface area is 113 Å². The number of carbonyl (C=O) groups excluding carboxylic acids is 1. The van der Waals surface area contributed by atoms with Crippen LogP contribution in [0.1, 0.15) is 30.1 Å². The molecule has 0 spiro atoms. The molecule has 0 bridgehead atoms. The van der Waals surface area contributed by atoms with Gasteiger partial charge in [0.25, 0.3) is 11.4 Å². The van der Waals surface area contributed by atoms with Gasteiger partial charge >= 0.3 is 5.97 Å². The number of aliphatic hydroxyl groups excluding tert-OH is 1. The van der Waals surface area contributed by atoms with E-state index in [2.05, 4.69) is 4.74 Å². The quantitative estimate of drug-likeness (QED) is 0.364. The maximum Gasteiger partial charge on any atom is 0.340 e. The molecule has 0 heterocycles. The molecule has 0 saturated heterocycles. The fraction of sp³-hybridized carbons (Fsp3) is 0.364. The minimum atomic E-state index is -1.36. The summed E-state index contributed by atoms with van der Waals surface area (Å²) in [4.78, 5) is 31.3. The monoisotopic (exact) mass is 284 g/mol. The van der Waals surface area contributed by atoms with Crippen LogP contribution >= 0.6 is 0 Å². The number of carbonyl (C=O) groups is 1. The minimum absolute atomic E-state index is 0.197. The summed E-state index contributed by atoms with van der Waals surface area (Å²) in [7, 11) is 0. The van der Waals surface area contributed by atoms with Crippen molar-refractivity contribution in [2.45, 2.75) is 26.1 Å². The molecule has 9 heteroatoms. The highest BCUT2D eigenvalue weighted by Gasteiger charge is 2.22. The maximum absolute atomic E-state index is 11.7. The molecule has 9 nitrogen and oxygen atoms in total. The Morgan fingerprint density at radius 2 is 1.75 bits per heavy atom. The van der Waals surface area contributed by atoms with E-state index in [1.165, 1.54) is 0 Å². The van der Waals surface area contributed by atoms with E-state index < -0.39 is 33.5 Å². The van der Waals surface area contributed by atoms with E-state index in [1.807, 2.05) is 0 Å². The number of non-ortho nitro benzene ring substituents is 2. The molecule has 1 rings (SSSR count). The summed E-state index contributed by atoms with van der Waals surface area (Å²) in [6.07, 6.45) is -0.599. The van der Waals surface area contributed by atoms with Crippen LogP contribution in [-0.4, -0.2) is 27.2 Å². The Bertz CT molecular complexity index is 511. The van der Waals surface area contributed by atoms with E-state index in [9.17, 15) is 30.1 Å². The molecule has 108 valence electrons. The first-order valence-electron chi connectivity index (χ1n) is 5.68. The van der Waals surface area contributed by atoms with Gasteiger partial charge in [0.15, 0.2) is 0 Å². The molecule has 0 radical (unpaired) electrons. The molecular formula is C11H12N2O7. The van der Waals surface area contributed by atoms with Crippen molar-refractivity contribution in [1.82, 2.24) is 0 Å². The lowest BCUT2D eigenvalue weighted by atomic mass is 10.2. The van der Waals surface area contributed by atoms with Crippen LogP contribution in [0.3, 0.4) is 0 Å². The van der Waals surface area contributed by atoms with Gasteiger partial charge in [-0.2, -0.15) is 0 Å². The molecule has 1 atom stereocenters. The number of hydrogen-bond acceptors (Lipinski definition) is 7. The van der Waals surface area contributed by atoms with Gasteiger partial charge < -0.3 is 9.84 Å². The summed E-state index contributed by atoms with van der Waals surface area (Å²) in [6, 6.07) is 2.45. The number of aliphatic hydroxyl groups is 1. The van der Waals surface area contributed by atoms with E-state index in [-0.39, 0.29) is 12.0 Å². The fourth-order valence-electron chi connectivity index (χ4n) is 1.42. The second-order valence-electron chi connectivity index (χ2n) is 3.90. The van der Waals surface area contributed by atoms with Gasteiger partial charge in [-0.25, -0.2) is 4.79 Å². The third kappa shape index (κ3) is 3.99. The molecule has 0 aliphatic rings. The number of ether oxygens (including phenoxy) is 1. The highest BCUT2D eigenvalue weighted by atomic mass is 16.6. The molecule has 0 aliphatic heterocycles. The molecule has 1 N–H and O–H groups in total. The number of hydrogen-bond donors (Lipinski definition) is 1. The van der Waals surface area contributed by atoms with Gasteiger partial charge in [-0.1, -0.05) is 13.3 Å². The van der Waals surface area contributed by atoms with Gasteiger partial charge in [0.1, 0.15) is 0 Å². The average molecular weight is 284 g/mol. The topological polar surface area (TPSA) is 133 Å². The lowest BCUT2D eigenvalue weighted by Crippen LogP contribution is -2.17. The molecule has 0 aromatic heterocycles. The van der Waals surface area contributed by atoms with Crippen molar-refractivity contribution in [2.75, 3.05) is 0 Å². The Hall–Kier alpha value is -2.55. The van der Waals surface area contributed by atoms with Crippen molar-refractivity contribution in [1.29, 1.82) is 0 Å². The third-order valence-electron chi connectivity index (χ3n) is 2.34. The first kappa shape index (κ1) is 15.5. The molecule has 0 fully saturated rings. The number of esters is 1. The highest BCUT2D eigenvalue weighted by Crippen LogP contribution is 2.23. The number of nitro benzene ring substituents is 2. The normalized spacial score (nSPS) is 11.7. The van der Waals surface area contributed by atoms with Crippen LogP contribution in [0.15, 0.2) is 18.2 Å². The standard InChI is InChI=1S/C11H12N2O7/c1-2-3-10(14)20-11(15)7-4-8(12(16)17)6-9(5-7)13(18)19/h4-6,10,14H,2-3H2,1H3. The second kappa shape index (κ2) is 6.57. The third-order valence-corrected chi connectivity index (χ3v) is 2.34. The van der Waals surface area contributed by atoms with Gasteiger partial charge in [-0.3, -0.25) is 20.2 Å². The van der Waals surface area contributed by atoms with E-state index in [0.717, 1.165) is 18.2 Å².